The van der Waals surface area contributed by atoms with Gasteiger partial charge in [-0.15, -0.1) is 0 Å². The monoisotopic (exact) mass is 253 g/mol. The van der Waals surface area contributed by atoms with Gasteiger partial charge in [0, 0.05) is 6.92 Å². The van der Waals surface area contributed by atoms with Crippen LogP contribution in [0.2, 0.25) is 0 Å². The number of hydrogen-bond donors (Lipinski definition) is 0. The van der Waals surface area contributed by atoms with Gasteiger partial charge in [-0.25, -0.2) is 0 Å². The van der Waals surface area contributed by atoms with Crippen LogP contribution in [0.5, 0.6) is 0 Å². The average Bonchev–Trinajstić information content (AvgIpc) is 2.22. The van der Waals surface area contributed by atoms with E-state index in [0.717, 1.165) is 4.90 Å². The molecule has 0 atom stereocenters. The summed E-state index contributed by atoms with van der Waals surface area (Å²) in [6.07, 6.45) is 0. The summed E-state index contributed by atoms with van der Waals surface area (Å²) in [5.41, 5.74) is 3.67. The Kier molecular flexibility index (Phi) is 5.35. The van der Waals surface area contributed by atoms with Gasteiger partial charge in [0.05, 0.1) is 11.5 Å². The van der Waals surface area contributed by atoms with Crippen LogP contribution in [0.25, 0.3) is 0 Å². The second-order valence-electron chi connectivity index (χ2n) is 3.93. The van der Waals surface area contributed by atoms with Crippen LogP contribution in [0.3, 0.4) is 0 Å². The van der Waals surface area contributed by atoms with Crippen molar-refractivity contribution in [2.45, 2.75) is 39.5 Å². The second kappa shape index (κ2) is 6.55. The van der Waals surface area contributed by atoms with Gasteiger partial charge in [0.1, 0.15) is 12.0 Å². The average molecular weight is 253 g/mol. The van der Waals surface area contributed by atoms with E-state index in [4.69, 9.17) is 9.02 Å². The maximum atomic E-state index is 5.22. The largest absolute Gasteiger partial charge is 0.479 e. The molecule has 0 amide bonds. The van der Waals surface area contributed by atoms with Gasteiger partial charge in [0.15, 0.2) is 0 Å². The molecule has 3 nitrogen and oxygen atoms in total. The first-order valence-corrected chi connectivity index (χ1v) is 6.37. The summed E-state index contributed by atoms with van der Waals surface area (Å²) >= 11 is 1.27. The highest BCUT2D eigenvalue weighted by Crippen LogP contribution is 2.28. The standard InChI is InChI=1S/C13H19NO2S/c1-6-15-12(5)14-16-17-13-10(3)7-9(2)8-11(13)4/h7-8H,6H2,1-5H3/b14-12+. The fourth-order valence-electron chi connectivity index (χ4n) is 1.64. The number of oxime groups is 1. The maximum absolute atomic E-state index is 5.22. The molecule has 94 valence electrons. The molecule has 0 saturated heterocycles. The molecule has 0 aromatic heterocycles. The molecule has 1 aromatic carbocycles. The Hall–Kier alpha value is -1.16. The molecule has 0 N–H and O–H groups in total. The van der Waals surface area contributed by atoms with Gasteiger partial charge in [-0.2, -0.15) is 0 Å². The molecule has 1 aromatic rings. The molecule has 0 saturated carbocycles. The van der Waals surface area contributed by atoms with Crippen LogP contribution in [0, 0.1) is 20.8 Å². The van der Waals surface area contributed by atoms with Crippen molar-refractivity contribution >= 4 is 17.9 Å². The maximum Gasteiger partial charge on any atom is 0.223 e. The Labute approximate surface area is 107 Å². The molecule has 0 radical (unpaired) electrons. The highest BCUT2D eigenvalue weighted by atomic mass is 32.2. The molecular weight excluding hydrogens is 234 g/mol. The molecule has 0 heterocycles. The van der Waals surface area contributed by atoms with Crippen LogP contribution in [0.15, 0.2) is 22.2 Å². The van der Waals surface area contributed by atoms with Gasteiger partial charge in [0.2, 0.25) is 5.90 Å². The number of aryl methyl sites for hydroxylation is 3. The summed E-state index contributed by atoms with van der Waals surface area (Å²) < 4.78 is 10.4. The normalized spacial score (nSPS) is 11.5. The summed E-state index contributed by atoms with van der Waals surface area (Å²) in [6, 6.07) is 4.27. The molecule has 0 aliphatic carbocycles. The van der Waals surface area contributed by atoms with Crippen LogP contribution in [-0.2, 0) is 9.02 Å². The minimum atomic E-state index is 0.544. The third-order valence-electron chi connectivity index (χ3n) is 2.24. The number of rotatable bonds is 4. The van der Waals surface area contributed by atoms with E-state index in [-0.39, 0.29) is 0 Å². The molecule has 0 unspecified atom stereocenters. The minimum Gasteiger partial charge on any atom is -0.479 e. The van der Waals surface area contributed by atoms with Gasteiger partial charge in [0.25, 0.3) is 0 Å². The predicted molar refractivity (Wildman–Crippen MR) is 72.3 cm³/mol. The SMILES string of the molecule is CCO/C(C)=N/OSc1c(C)cc(C)cc1C. The van der Waals surface area contributed by atoms with Gasteiger partial charge in [-0.1, -0.05) is 17.7 Å². The lowest BCUT2D eigenvalue weighted by molar-refractivity contribution is 0.293. The molecule has 0 spiro atoms. The topological polar surface area (TPSA) is 30.8 Å². The van der Waals surface area contributed by atoms with Gasteiger partial charge >= 0.3 is 0 Å². The second-order valence-corrected chi connectivity index (χ2v) is 4.65. The first-order chi connectivity index (χ1) is 8.04. The van der Waals surface area contributed by atoms with Gasteiger partial charge in [-0.05, 0) is 44.0 Å². The smallest absolute Gasteiger partial charge is 0.223 e. The van der Waals surface area contributed by atoms with Crippen molar-refractivity contribution in [3.63, 3.8) is 0 Å². The van der Waals surface area contributed by atoms with Crippen LogP contribution < -0.4 is 0 Å². The van der Waals surface area contributed by atoms with Crippen molar-refractivity contribution in [3.8, 4) is 0 Å². The highest BCUT2D eigenvalue weighted by Gasteiger charge is 2.06. The quantitative estimate of drug-likeness (QED) is 0.351. The van der Waals surface area contributed by atoms with E-state index in [1.54, 1.807) is 6.92 Å². The van der Waals surface area contributed by atoms with E-state index in [9.17, 15) is 0 Å². The molecular formula is C13H19NO2S. The molecule has 0 aliphatic heterocycles. The summed E-state index contributed by atoms with van der Waals surface area (Å²) in [5.74, 6) is 0.544. The lowest BCUT2D eigenvalue weighted by Gasteiger charge is -2.08. The van der Waals surface area contributed by atoms with Crippen molar-refractivity contribution in [2.75, 3.05) is 6.61 Å². The van der Waals surface area contributed by atoms with Gasteiger partial charge in [-0.3, -0.25) is 0 Å². The van der Waals surface area contributed by atoms with Crippen molar-refractivity contribution in [2.24, 2.45) is 5.16 Å². The Morgan fingerprint density at radius 3 is 2.35 bits per heavy atom. The number of ether oxygens (including phenoxy) is 1. The zero-order chi connectivity index (χ0) is 12.8. The molecule has 0 fully saturated rings. The number of hydrogen-bond acceptors (Lipinski definition) is 4. The van der Waals surface area contributed by atoms with E-state index < -0.39 is 0 Å². The minimum absolute atomic E-state index is 0.544. The lowest BCUT2D eigenvalue weighted by Crippen LogP contribution is -1.98. The predicted octanol–water partition coefficient (Wildman–Crippen LogP) is 4.01. The van der Waals surface area contributed by atoms with Crippen molar-refractivity contribution in [1.29, 1.82) is 0 Å². The summed E-state index contributed by atoms with van der Waals surface area (Å²) in [5, 5.41) is 3.87. The summed E-state index contributed by atoms with van der Waals surface area (Å²) in [6.45, 7) is 10.5. The third kappa shape index (κ3) is 4.30. The first kappa shape index (κ1) is 13.9. The molecule has 17 heavy (non-hydrogen) atoms. The zero-order valence-corrected chi connectivity index (χ0v) is 11.9. The van der Waals surface area contributed by atoms with Crippen molar-refractivity contribution in [3.05, 3.63) is 28.8 Å². The molecule has 4 heteroatoms. The van der Waals surface area contributed by atoms with Crippen LogP contribution in [0.4, 0.5) is 0 Å². The Balaban J connectivity index is 2.67. The lowest BCUT2D eigenvalue weighted by atomic mass is 10.1. The molecule has 0 bridgehead atoms. The van der Waals surface area contributed by atoms with E-state index in [2.05, 4.69) is 38.1 Å². The zero-order valence-electron chi connectivity index (χ0n) is 11.0. The third-order valence-corrected chi connectivity index (χ3v) is 3.20. The Morgan fingerprint density at radius 1 is 1.24 bits per heavy atom. The van der Waals surface area contributed by atoms with E-state index in [1.165, 1.54) is 28.7 Å². The van der Waals surface area contributed by atoms with E-state index in [0.29, 0.717) is 12.5 Å². The fraction of sp³-hybridized carbons (Fsp3) is 0.462. The van der Waals surface area contributed by atoms with E-state index in [1.807, 2.05) is 6.92 Å². The van der Waals surface area contributed by atoms with Crippen LogP contribution >= 0.6 is 12.0 Å². The highest BCUT2D eigenvalue weighted by molar-refractivity contribution is 7.94. The van der Waals surface area contributed by atoms with Crippen LogP contribution in [-0.4, -0.2) is 12.5 Å². The fourth-order valence-corrected chi connectivity index (χ4v) is 2.24. The van der Waals surface area contributed by atoms with Crippen molar-refractivity contribution in [1.82, 2.24) is 0 Å². The Bertz CT molecular complexity index is 393. The number of nitrogens with zero attached hydrogens (tertiary/aromatic N) is 1. The molecule has 1 rings (SSSR count). The summed E-state index contributed by atoms with van der Waals surface area (Å²) in [4.78, 5) is 1.11. The summed E-state index contributed by atoms with van der Waals surface area (Å²) in [7, 11) is 0. The van der Waals surface area contributed by atoms with Gasteiger partial charge < -0.3 is 9.02 Å². The van der Waals surface area contributed by atoms with Crippen molar-refractivity contribution < 1.29 is 9.02 Å². The Morgan fingerprint density at radius 2 is 1.82 bits per heavy atom. The molecule has 0 aliphatic rings. The van der Waals surface area contributed by atoms with E-state index >= 15 is 0 Å². The first-order valence-electron chi connectivity index (χ1n) is 5.63. The van der Waals surface area contributed by atoms with Crippen LogP contribution in [0.1, 0.15) is 30.5 Å². The number of benzene rings is 1.